The molecule has 0 saturated carbocycles. The molecule has 2 nitrogen and oxygen atoms in total. The molecule has 0 unspecified atom stereocenters. The summed E-state index contributed by atoms with van der Waals surface area (Å²) in [5.41, 5.74) is 3.60. The Balaban J connectivity index is 3.36. The van der Waals surface area contributed by atoms with E-state index in [-0.39, 0.29) is 0 Å². The van der Waals surface area contributed by atoms with Crippen LogP contribution in [0.5, 0.6) is 11.5 Å². The molecule has 0 amide bonds. The van der Waals surface area contributed by atoms with Crippen molar-refractivity contribution in [3.63, 3.8) is 0 Å². The van der Waals surface area contributed by atoms with Crippen LogP contribution in [-0.2, 0) is 0 Å². The molecule has 0 aliphatic rings. The lowest BCUT2D eigenvalue weighted by atomic mass is 10.0. The zero-order chi connectivity index (χ0) is 10.0. The maximum absolute atomic E-state index is 5.24. The molecule has 1 rings (SSSR count). The summed E-state index contributed by atoms with van der Waals surface area (Å²) in [7, 11) is 3.35. The predicted molar refractivity (Wildman–Crippen MR) is 53.8 cm³/mol. The van der Waals surface area contributed by atoms with E-state index in [1.165, 1.54) is 16.7 Å². The molecular formula is C11H16O2. The monoisotopic (exact) mass is 180 g/mol. The van der Waals surface area contributed by atoms with E-state index < -0.39 is 0 Å². The molecule has 0 aromatic heterocycles. The molecule has 1 aromatic rings. The summed E-state index contributed by atoms with van der Waals surface area (Å²) >= 11 is 0. The van der Waals surface area contributed by atoms with Crippen LogP contribution in [-0.4, -0.2) is 14.2 Å². The van der Waals surface area contributed by atoms with Gasteiger partial charge < -0.3 is 9.47 Å². The first-order chi connectivity index (χ1) is 6.11. The number of hydrogen-bond acceptors (Lipinski definition) is 2. The van der Waals surface area contributed by atoms with Gasteiger partial charge in [-0.05, 0) is 37.5 Å². The quantitative estimate of drug-likeness (QED) is 0.696. The molecule has 0 heterocycles. The third-order valence-corrected chi connectivity index (χ3v) is 2.57. The fourth-order valence-electron chi connectivity index (χ4n) is 1.41. The van der Waals surface area contributed by atoms with E-state index in [2.05, 4.69) is 20.8 Å². The average Bonchev–Trinajstić information content (AvgIpc) is 2.15. The van der Waals surface area contributed by atoms with Gasteiger partial charge in [0.25, 0.3) is 0 Å². The molecule has 13 heavy (non-hydrogen) atoms. The smallest absolute Gasteiger partial charge is 0.125 e. The Hall–Kier alpha value is -1.18. The number of methoxy groups -OCH3 is 2. The van der Waals surface area contributed by atoms with Crippen LogP contribution >= 0.6 is 0 Å². The highest BCUT2D eigenvalue weighted by atomic mass is 16.5. The Morgan fingerprint density at radius 2 is 1.15 bits per heavy atom. The van der Waals surface area contributed by atoms with E-state index in [0.717, 1.165) is 11.5 Å². The van der Waals surface area contributed by atoms with Gasteiger partial charge >= 0.3 is 0 Å². The van der Waals surface area contributed by atoms with Gasteiger partial charge in [0, 0.05) is 6.07 Å². The van der Waals surface area contributed by atoms with Crippen molar-refractivity contribution in [2.24, 2.45) is 0 Å². The van der Waals surface area contributed by atoms with Crippen LogP contribution in [0.4, 0.5) is 0 Å². The molecular weight excluding hydrogens is 164 g/mol. The standard InChI is InChI=1S/C11H16O2/c1-7-8(2)10(12-4)6-11(13-5)9(7)3/h6H,1-5H3. The summed E-state index contributed by atoms with van der Waals surface area (Å²) in [5, 5.41) is 0. The van der Waals surface area contributed by atoms with Crippen molar-refractivity contribution in [3.05, 3.63) is 22.8 Å². The van der Waals surface area contributed by atoms with Crippen LogP contribution in [0.2, 0.25) is 0 Å². The van der Waals surface area contributed by atoms with Gasteiger partial charge in [-0.2, -0.15) is 0 Å². The molecule has 0 bridgehead atoms. The molecule has 1 aromatic carbocycles. The third-order valence-electron chi connectivity index (χ3n) is 2.57. The fourth-order valence-corrected chi connectivity index (χ4v) is 1.41. The van der Waals surface area contributed by atoms with E-state index in [9.17, 15) is 0 Å². The van der Waals surface area contributed by atoms with Gasteiger partial charge in [0.2, 0.25) is 0 Å². The Morgan fingerprint density at radius 3 is 1.46 bits per heavy atom. The van der Waals surface area contributed by atoms with Crippen molar-refractivity contribution in [3.8, 4) is 11.5 Å². The van der Waals surface area contributed by atoms with Crippen molar-refractivity contribution < 1.29 is 9.47 Å². The Kier molecular flexibility index (Phi) is 2.81. The number of rotatable bonds is 2. The summed E-state index contributed by atoms with van der Waals surface area (Å²) in [4.78, 5) is 0. The lowest BCUT2D eigenvalue weighted by Crippen LogP contribution is -1.96. The first-order valence-corrected chi connectivity index (χ1v) is 4.30. The van der Waals surface area contributed by atoms with Gasteiger partial charge in [-0.25, -0.2) is 0 Å². The molecule has 0 aliphatic heterocycles. The van der Waals surface area contributed by atoms with Gasteiger partial charge in [-0.3, -0.25) is 0 Å². The van der Waals surface area contributed by atoms with E-state index in [4.69, 9.17) is 9.47 Å². The van der Waals surface area contributed by atoms with Gasteiger partial charge in [0.05, 0.1) is 14.2 Å². The lowest BCUT2D eigenvalue weighted by Gasteiger charge is -2.13. The Morgan fingerprint density at radius 1 is 0.769 bits per heavy atom. The zero-order valence-electron chi connectivity index (χ0n) is 8.89. The summed E-state index contributed by atoms with van der Waals surface area (Å²) in [6.45, 7) is 6.19. The summed E-state index contributed by atoms with van der Waals surface area (Å²) in [6.07, 6.45) is 0. The molecule has 0 aliphatic carbocycles. The van der Waals surface area contributed by atoms with E-state index in [0.29, 0.717) is 0 Å². The molecule has 72 valence electrons. The maximum Gasteiger partial charge on any atom is 0.125 e. The van der Waals surface area contributed by atoms with Crippen molar-refractivity contribution >= 4 is 0 Å². The first kappa shape index (κ1) is 9.90. The van der Waals surface area contributed by atoms with Crippen LogP contribution in [0, 0.1) is 20.8 Å². The van der Waals surface area contributed by atoms with Crippen LogP contribution in [0.1, 0.15) is 16.7 Å². The van der Waals surface area contributed by atoms with Crippen LogP contribution in [0.25, 0.3) is 0 Å². The zero-order valence-corrected chi connectivity index (χ0v) is 8.89. The maximum atomic E-state index is 5.24. The minimum atomic E-state index is 0.889. The highest BCUT2D eigenvalue weighted by Gasteiger charge is 2.09. The van der Waals surface area contributed by atoms with Crippen LogP contribution in [0.3, 0.4) is 0 Å². The van der Waals surface area contributed by atoms with Crippen molar-refractivity contribution in [1.82, 2.24) is 0 Å². The Labute approximate surface area is 79.5 Å². The number of hydrogen-bond donors (Lipinski definition) is 0. The van der Waals surface area contributed by atoms with Crippen LogP contribution in [0.15, 0.2) is 6.07 Å². The average molecular weight is 180 g/mol. The van der Waals surface area contributed by atoms with E-state index >= 15 is 0 Å². The molecule has 2 heteroatoms. The fraction of sp³-hybridized carbons (Fsp3) is 0.455. The second-order valence-corrected chi connectivity index (χ2v) is 3.16. The highest BCUT2D eigenvalue weighted by Crippen LogP contribution is 2.31. The molecule has 0 radical (unpaired) electrons. The largest absolute Gasteiger partial charge is 0.496 e. The number of benzene rings is 1. The summed E-state index contributed by atoms with van der Waals surface area (Å²) < 4.78 is 10.5. The molecule has 0 N–H and O–H groups in total. The summed E-state index contributed by atoms with van der Waals surface area (Å²) in [6, 6.07) is 1.93. The lowest BCUT2D eigenvalue weighted by molar-refractivity contribution is 0.389. The minimum absolute atomic E-state index is 0.889. The predicted octanol–water partition coefficient (Wildman–Crippen LogP) is 2.63. The molecule has 0 saturated heterocycles. The Bertz CT molecular complexity index is 288. The molecule has 0 fully saturated rings. The second-order valence-electron chi connectivity index (χ2n) is 3.16. The normalized spacial score (nSPS) is 9.92. The molecule has 0 spiro atoms. The number of ether oxygens (including phenoxy) is 2. The van der Waals surface area contributed by atoms with Crippen molar-refractivity contribution in [1.29, 1.82) is 0 Å². The van der Waals surface area contributed by atoms with E-state index in [1.54, 1.807) is 14.2 Å². The SMILES string of the molecule is COc1cc(OC)c(C)c(C)c1C. The van der Waals surface area contributed by atoms with Gasteiger partial charge in [-0.1, -0.05) is 0 Å². The van der Waals surface area contributed by atoms with Gasteiger partial charge in [0.15, 0.2) is 0 Å². The van der Waals surface area contributed by atoms with Crippen molar-refractivity contribution in [2.45, 2.75) is 20.8 Å². The minimum Gasteiger partial charge on any atom is -0.496 e. The second kappa shape index (κ2) is 3.69. The first-order valence-electron chi connectivity index (χ1n) is 4.30. The third kappa shape index (κ3) is 1.62. The van der Waals surface area contributed by atoms with Gasteiger partial charge in [-0.15, -0.1) is 0 Å². The topological polar surface area (TPSA) is 18.5 Å². The van der Waals surface area contributed by atoms with Gasteiger partial charge in [0.1, 0.15) is 11.5 Å². The highest BCUT2D eigenvalue weighted by molar-refractivity contribution is 5.51. The summed E-state index contributed by atoms with van der Waals surface area (Å²) in [5.74, 6) is 1.78. The molecule has 0 atom stereocenters. The van der Waals surface area contributed by atoms with Crippen LogP contribution < -0.4 is 9.47 Å². The van der Waals surface area contributed by atoms with E-state index in [1.807, 2.05) is 6.07 Å². The van der Waals surface area contributed by atoms with Crippen molar-refractivity contribution in [2.75, 3.05) is 14.2 Å².